The zero-order valence-electron chi connectivity index (χ0n) is 14.9. The number of para-hydroxylation sites is 1. The number of anilines is 2. The molecule has 26 heavy (non-hydrogen) atoms. The molecule has 132 valence electrons. The van der Waals surface area contributed by atoms with E-state index in [0.717, 1.165) is 41.9 Å². The van der Waals surface area contributed by atoms with Crippen molar-refractivity contribution in [3.8, 4) is 5.69 Å². The molecular weight excluding hydrogens is 326 g/mol. The summed E-state index contributed by atoms with van der Waals surface area (Å²) in [4.78, 5) is 19.1. The molecule has 6 nitrogen and oxygen atoms in total. The second-order valence-corrected chi connectivity index (χ2v) is 6.62. The largest absolute Gasteiger partial charge is 0.376 e. The summed E-state index contributed by atoms with van der Waals surface area (Å²) in [5.74, 6) is 0.324. The summed E-state index contributed by atoms with van der Waals surface area (Å²) < 4.78 is 1.90. The van der Waals surface area contributed by atoms with Crippen molar-refractivity contribution in [3.63, 3.8) is 0 Å². The number of rotatable bonds is 4. The molecule has 6 heteroatoms. The van der Waals surface area contributed by atoms with Crippen molar-refractivity contribution >= 4 is 17.4 Å². The van der Waals surface area contributed by atoms with Gasteiger partial charge >= 0.3 is 0 Å². The first kappa shape index (κ1) is 16.3. The first-order valence-electron chi connectivity index (χ1n) is 8.74. The molecule has 0 bridgehead atoms. The number of hydrogen-bond acceptors (Lipinski definition) is 4. The third kappa shape index (κ3) is 2.94. The maximum absolute atomic E-state index is 12.8. The van der Waals surface area contributed by atoms with Crippen LogP contribution in [-0.2, 0) is 12.8 Å². The van der Waals surface area contributed by atoms with E-state index in [0.29, 0.717) is 11.5 Å². The number of pyridine rings is 1. The van der Waals surface area contributed by atoms with Gasteiger partial charge < -0.3 is 10.2 Å². The van der Waals surface area contributed by atoms with E-state index >= 15 is 0 Å². The van der Waals surface area contributed by atoms with Gasteiger partial charge in [-0.2, -0.15) is 5.10 Å². The normalized spacial score (nSPS) is 12.7. The van der Waals surface area contributed by atoms with Crippen LogP contribution < -0.4 is 10.2 Å². The average Bonchev–Trinajstić information content (AvgIpc) is 3.25. The van der Waals surface area contributed by atoms with Crippen LogP contribution in [0.1, 0.15) is 28.2 Å². The lowest BCUT2D eigenvalue weighted by Crippen LogP contribution is -2.16. The van der Waals surface area contributed by atoms with Crippen LogP contribution in [0.2, 0.25) is 0 Å². The molecule has 1 amide bonds. The van der Waals surface area contributed by atoms with Crippen LogP contribution in [-0.4, -0.2) is 34.8 Å². The van der Waals surface area contributed by atoms with E-state index < -0.39 is 0 Å². The second-order valence-electron chi connectivity index (χ2n) is 6.62. The van der Waals surface area contributed by atoms with Crippen molar-refractivity contribution in [2.24, 2.45) is 0 Å². The number of hydrogen-bond donors (Lipinski definition) is 1. The van der Waals surface area contributed by atoms with Gasteiger partial charge in [0.05, 0.1) is 17.6 Å². The van der Waals surface area contributed by atoms with E-state index in [1.54, 1.807) is 6.20 Å². The lowest BCUT2D eigenvalue weighted by Gasteiger charge is -2.12. The van der Waals surface area contributed by atoms with Crippen LogP contribution in [0.3, 0.4) is 0 Å². The Balaban J connectivity index is 1.62. The molecule has 1 aromatic carbocycles. The molecule has 0 fully saturated rings. The van der Waals surface area contributed by atoms with Crippen molar-refractivity contribution in [1.82, 2.24) is 14.8 Å². The molecule has 4 rings (SSSR count). The predicted molar refractivity (Wildman–Crippen MR) is 102 cm³/mol. The zero-order chi connectivity index (χ0) is 18.1. The molecule has 2 aromatic heterocycles. The zero-order valence-corrected chi connectivity index (χ0v) is 14.9. The Morgan fingerprint density at radius 2 is 1.92 bits per heavy atom. The van der Waals surface area contributed by atoms with Crippen molar-refractivity contribution in [2.75, 3.05) is 24.3 Å². The minimum absolute atomic E-state index is 0.206. The van der Waals surface area contributed by atoms with Gasteiger partial charge in [0.2, 0.25) is 0 Å². The number of nitrogens with zero attached hydrogens (tertiary/aromatic N) is 4. The molecule has 0 unspecified atom stereocenters. The molecule has 0 spiro atoms. The Morgan fingerprint density at radius 3 is 2.62 bits per heavy atom. The highest BCUT2D eigenvalue weighted by Crippen LogP contribution is 2.28. The average molecular weight is 347 g/mol. The smallest absolute Gasteiger partial charge is 0.277 e. The Bertz CT molecular complexity index is 929. The summed E-state index contributed by atoms with van der Waals surface area (Å²) in [7, 11) is 3.91. The van der Waals surface area contributed by atoms with Crippen molar-refractivity contribution in [1.29, 1.82) is 0 Å². The Kier molecular flexibility index (Phi) is 4.16. The van der Waals surface area contributed by atoms with Gasteiger partial charge in [-0.05, 0) is 43.5 Å². The van der Waals surface area contributed by atoms with Gasteiger partial charge in [-0.25, -0.2) is 9.67 Å². The maximum Gasteiger partial charge on any atom is 0.277 e. The van der Waals surface area contributed by atoms with E-state index in [1.807, 2.05) is 66.1 Å². The first-order chi connectivity index (χ1) is 12.6. The van der Waals surface area contributed by atoms with Crippen LogP contribution >= 0.6 is 0 Å². The molecule has 3 aromatic rings. The lowest BCUT2D eigenvalue weighted by molar-refractivity contribution is 0.102. The van der Waals surface area contributed by atoms with Gasteiger partial charge in [0.25, 0.3) is 5.91 Å². The molecule has 2 heterocycles. The highest BCUT2D eigenvalue weighted by molar-refractivity contribution is 6.03. The number of carbonyl (C=O) groups is 1. The molecule has 0 radical (unpaired) electrons. The van der Waals surface area contributed by atoms with Gasteiger partial charge in [0, 0.05) is 25.4 Å². The fraction of sp³-hybridized carbons (Fsp3) is 0.250. The van der Waals surface area contributed by atoms with Gasteiger partial charge in [-0.3, -0.25) is 4.79 Å². The fourth-order valence-electron chi connectivity index (χ4n) is 3.30. The van der Waals surface area contributed by atoms with Gasteiger partial charge in [0.15, 0.2) is 5.69 Å². The molecule has 0 aliphatic heterocycles. The topological polar surface area (TPSA) is 63.1 Å². The lowest BCUT2D eigenvalue weighted by atomic mass is 10.2. The first-order valence-corrected chi connectivity index (χ1v) is 8.74. The molecule has 0 atom stereocenters. The predicted octanol–water partition coefficient (Wildman–Crippen LogP) is 3.07. The van der Waals surface area contributed by atoms with Gasteiger partial charge in [-0.15, -0.1) is 0 Å². The van der Waals surface area contributed by atoms with Crippen LogP contribution in [0.15, 0.2) is 48.7 Å². The van der Waals surface area contributed by atoms with Crippen LogP contribution in [0.4, 0.5) is 11.5 Å². The van der Waals surface area contributed by atoms with Crippen LogP contribution in [0.25, 0.3) is 5.69 Å². The molecule has 1 aliphatic rings. The highest BCUT2D eigenvalue weighted by Gasteiger charge is 2.27. The number of nitrogens with one attached hydrogen (secondary N) is 1. The Hall–Kier alpha value is -3.15. The van der Waals surface area contributed by atoms with Crippen molar-refractivity contribution in [3.05, 3.63) is 65.6 Å². The Labute approximate surface area is 152 Å². The summed E-state index contributed by atoms with van der Waals surface area (Å²) >= 11 is 0. The van der Waals surface area contributed by atoms with E-state index in [4.69, 9.17) is 0 Å². The summed E-state index contributed by atoms with van der Waals surface area (Å²) in [5.41, 5.74) is 4.66. The van der Waals surface area contributed by atoms with Gasteiger partial charge in [0.1, 0.15) is 5.82 Å². The second kappa shape index (κ2) is 6.63. The monoisotopic (exact) mass is 347 g/mol. The van der Waals surface area contributed by atoms with E-state index in [9.17, 15) is 4.79 Å². The van der Waals surface area contributed by atoms with E-state index in [1.165, 1.54) is 0 Å². The van der Waals surface area contributed by atoms with Gasteiger partial charge in [-0.1, -0.05) is 18.2 Å². The van der Waals surface area contributed by atoms with Crippen LogP contribution in [0, 0.1) is 0 Å². The van der Waals surface area contributed by atoms with E-state index in [-0.39, 0.29) is 5.91 Å². The molecule has 0 saturated carbocycles. The summed E-state index contributed by atoms with van der Waals surface area (Å²) in [5, 5.41) is 7.49. The number of aromatic nitrogens is 3. The fourth-order valence-corrected chi connectivity index (χ4v) is 3.30. The number of benzene rings is 1. The van der Waals surface area contributed by atoms with E-state index in [2.05, 4.69) is 15.4 Å². The quantitative estimate of drug-likeness (QED) is 0.788. The molecule has 0 saturated heterocycles. The number of fused-ring (bicyclic) bond motifs is 1. The third-order valence-corrected chi connectivity index (χ3v) is 4.65. The molecule has 1 aliphatic carbocycles. The Morgan fingerprint density at radius 1 is 1.12 bits per heavy atom. The molecule has 1 N–H and O–H groups in total. The van der Waals surface area contributed by atoms with Crippen molar-refractivity contribution < 1.29 is 4.79 Å². The summed E-state index contributed by atoms with van der Waals surface area (Å²) in [6.45, 7) is 0. The number of amides is 1. The molecular formula is C20H21N5O. The number of carbonyl (C=O) groups excluding carboxylic acids is 1. The highest BCUT2D eigenvalue weighted by atomic mass is 16.2. The summed E-state index contributed by atoms with van der Waals surface area (Å²) in [6.07, 6.45) is 4.62. The maximum atomic E-state index is 12.8. The standard InChI is InChI=1S/C20H21N5O/c1-24(2)15-11-12-18(21-13-15)22-20(26)19-16-9-6-10-17(16)25(23-19)14-7-4-3-5-8-14/h3-5,7-8,11-13H,6,9-10H2,1-2H3,(H,21,22,26). The SMILES string of the molecule is CN(C)c1ccc(NC(=O)c2nn(-c3ccccc3)c3c2CCC3)nc1. The minimum atomic E-state index is -0.206. The van der Waals surface area contributed by atoms with Crippen LogP contribution in [0.5, 0.6) is 0 Å². The third-order valence-electron chi connectivity index (χ3n) is 4.65. The minimum Gasteiger partial charge on any atom is -0.376 e. The van der Waals surface area contributed by atoms with Crippen molar-refractivity contribution in [2.45, 2.75) is 19.3 Å². The summed E-state index contributed by atoms with van der Waals surface area (Å²) in [6, 6.07) is 13.7.